The number of hydrogen-bond acceptors (Lipinski definition) is 2. The van der Waals surface area contributed by atoms with Crippen molar-refractivity contribution in [1.29, 1.82) is 0 Å². The van der Waals surface area contributed by atoms with Crippen molar-refractivity contribution in [2.45, 2.75) is 12.8 Å². The fourth-order valence-corrected chi connectivity index (χ4v) is 3.25. The van der Waals surface area contributed by atoms with Crippen molar-refractivity contribution in [3.05, 3.63) is 34.9 Å². The molecule has 1 N–H and O–H groups in total. The van der Waals surface area contributed by atoms with Gasteiger partial charge in [-0.1, -0.05) is 17.7 Å². The molecule has 3 nitrogen and oxygen atoms in total. The third-order valence-electron chi connectivity index (χ3n) is 4.13. The van der Waals surface area contributed by atoms with Crippen LogP contribution in [0, 0.1) is 5.41 Å². The van der Waals surface area contributed by atoms with Gasteiger partial charge in [0.25, 0.3) is 5.91 Å². The standard InChI is InChI=1S/C14H17ClN2O/c15-12-3-1-2-11(8-12)13(18)17-7-5-14(10-17)4-6-16-9-14/h1-3,8,16H,4-7,9-10H2. The molecule has 1 spiro atoms. The van der Waals surface area contributed by atoms with E-state index in [4.69, 9.17) is 11.6 Å². The van der Waals surface area contributed by atoms with Crippen LogP contribution in [0.2, 0.25) is 5.02 Å². The Hall–Kier alpha value is -1.06. The van der Waals surface area contributed by atoms with E-state index in [0.717, 1.165) is 32.6 Å². The highest BCUT2D eigenvalue weighted by Crippen LogP contribution is 2.36. The number of carbonyl (C=O) groups is 1. The van der Waals surface area contributed by atoms with Crippen LogP contribution in [-0.2, 0) is 0 Å². The van der Waals surface area contributed by atoms with Crippen LogP contribution in [0.15, 0.2) is 24.3 Å². The Morgan fingerprint density at radius 2 is 2.28 bits per heavy atom. The van der Waals surface area contributed by atoms with Gasteiger partial charge in [0, 0.05) is 35.6 Å². The van der Waals surface area contributed by atoms with Crippen molar-refractivity contribution < 1.29 is 4.79 Å². The Bertz CT molecular complexity index is 469. The van der Waals surface area contributed by atoms with Crippen molar-refractivity contribution in [2.24, 2.45) is 5.41 Å². The zero-order valence-corrected chi connectivity index (χ0v) is 11.0. The van der Waals surface area contributed by atoms with Crippen molar-refractivity contribution in [3.8, 4) is 0 Å². The number of benzene rings is 1. The average Bonchev–Trinajstić information content (AvgIpc) is 3.00. The van der Waals surface area contributed by atoms with Gasteiger partial charge in [0.05, 0.1) is 0 Å². The molecule has 2 fully saturated rings. The van der Waals surface area contributed by atoms with E-state index < -0.39 is 0 Å². The second-order valence-electron chi connectivity index (χ2n) is 5.41. The lowest BCUT2D eigenvalue weighted by molar-refractivity contribution is 0.0775. The molecule has 3 rings (SSSR count). The first kappa shape index (κ1) is 12.0. The summed E-state index contributed by atoms with van der Waals surface area (Å²) in [6.45, 7) is 3.88. The van der Waals surface area contributed by atoms with Crippen LogP contribution in [-0.4, -0.2) is 37.0 Å². The van der Waals surface area contributed by atoms with E-state index in [1.165, 1.54) is 6.42 Å². The molecule has 0 bridgehead atoms. The van der Waals surface area contributed by atoms with E-state index in [9.17, 15) is 4.79 Å². The minimum absolute atomic E-state index is 0.112. The maximum Gasteiger partial charge on any atom is 0.253 e. The van der Waals surface area contributed by atoms with Crippen LogP contribution in [0.25, 0.3) is 0 Å². The van der Waals surface area contributed by atoms with Crippen LogP contribution in [0.3, 0.4) is 0 Å². The molecule has 4 heteroatoms. The number of likely N-dealkylation sites (tertiary alicyclic amines) is 1. The number of carbonyl (C=O) groups excluding carboxylic acids is 1. The van der Waals surface area contributed by atoms with Gasteiger partial charge in [0.2, 0.25) is 0 Å². The Balaban J connectivity index is 1.74. The summed E-state index contributed by atoms with van der Waals surface area (Å²) in [6.07, 6.45) is 2.30. The summed E-state index contributed by atoms with van der Waals surface area (Å²) in [5.41, 5.74) is 1.03. The first-order valence-electron chi connectivity index (χ1n) is 6.44. The number of rotatable bonds is 1. The molecule has 1 unspecified atom stereocenters. The quantitative estimate of drug-likeness (QED) is 0.843. The summed E-state index contributed by atoms with van der Waals surface area (Å²) in [7, 11) is 0. The van der Waals surface area contributed by atoms with Crippen LogP contribution < -0.4 is 5.32 Å². The Kier molecular flexibility index (Phi) is 3.04. The third kappa shape index (κ3) is 2.13. The predicted octanol–water partition coefficient (Wildman–Crippen LogP) is 2.17. The number of hydrogen-bond donors (Lipinski definition) is 1. The molecule has 2 saturated heterocycles. The number of nitrogens with one attached hydrogen (secondary N) is 1. The van der Waals surface area contributed by atoms with E-state index in [0.29, 0.717) is 16.0 Å². The summed E-state index contributed by atoms with van der Waals surface area (Å²) in [5.74, 6) is 0.112. The molecule has 2 aliphatic rings. The zero-order chi connectivity index (χ0) is 12.6. The van der Waals surface area contributed by atoms with Gasteiger partial charge in [-0.3, -0.25) is 4.79 Å². The number of halogens is 1. The van der Waals surface area contributed by atoms with Crippen molar-refractivity contribution >= 4 is 17.5 Å². The predicted molar refractivity (Wildman–Crippen MR) is 71.9 cm³/mol. The smallest absolute Gasteiger partial charge is 0.253 e. The third-order valence-corrected chi connectivity index (χ3v) is 4.36. The maximum atomic E-state index is 12.4. The normalized spacial score (nSPS) is 27.1. The lowest BCUT2D eigenvalue weighted by Crippen LogP contribution is -2.33. The first-order chi connectivity index (χ1) is 8.69. The monoisotopic (exact) mass is 264 g/mol. The van der Waals surface area contributed by atoms with Gasteiger partial charge in [0.15, 0.2) is 0 Å². The topological polar surface area (TPSA) is 32.3 Å². The fourth-order valence-electron chi connectivity index (χ4n) is 3.06. The highest BCUT2D eigenvalue weighted by Gasteiger charge is 2.41. The maximum absolute atomic E-state index is 12.4. The second-order valence-corrected chi connectivity index (χ2v) is 5.85. The van der Waals surface area contributed by atoms with Crippen LogP contribution >= 0.6 is 11.6 Å². The van der Waals surface area contributed by atoms with E-state index in [1.54, 1.807) is 12.1 Å². The Morgan fingerprint density at radius 1 is 1.39 bits per heavy atom. The summed E-state index contributed by atoms with van der Waals surface area (Å²) in [6, 6.07) is 7.22. The molecule has 1 aromatic carbocycles. The summed E-state index contributed by atoms with van der Waals surface area (Å²) in [5, 5.41) is 4.03. The van der Waals surface area contributed by atoms with Gasteiger partial charge in [-0.25, -0.2) is 0 Å². The van der Waals surface area contributed by atoms with E-state index in [-0.39, 0.29) is 5.91 Å². The lowest BCUT2D eigenvalue weighted by Gasteiger charge is -2.22. The zero-order valence-electron chi connectivity index (χ0n) is 10.3. The largest absolute Gasteiger partial charge is 0.338 e. The van der Waals surface area contributed by atoms with Crippen molar-refractivity contribution in [2.75, 3.05) is 26.2 Å². The molecule has 96 valence electrons. The van der Waals surface area contributed by atoms with Crippen molar-refractivity contribution in [1.82, 2.24) is 10.2 Å². The van der Waals surface area contributed by atoms with E-state index in [1.807, 2.05) is 17.0 Å². The molecule has 0 aliphatic carbocycles. The molecule has 0 radical (unpaired) electrons. The summed E-state index contributed by atoms with van der Waals surface area (Å²) < 4.78 is 0. The molecule has 2 aliphatic heterocycles. The van der Waals surface area contributed by atoms with Gasteiger partial charge >= 0.3 is 0 Å². The van der Waals surface area contributed by atoms with E-state index >= 15 is 0 Å². The van der Waals surface area contributed by atoms with Crippen LogP contribution in [0.5, 0.6) is 0 Å². The minimum Gasteiger partial charge on any atom is -0.338 e. The molecular formula is C14H17ClN2O. The molecule has 18 heavy (non-hydrogen) atoms. The minimum atomic E-state index is 0.112. The highest BCUT2D eigenvalue weighted by atomic mass is 35.5. The van der Waals surface area contributed by atoms with Crippen LogP contribution in [0.4, 0.5) is 0 Å². The Labute approximate surface area is 112 Å². The number of nitrogens with zero attached hydrogens (tertiary/aromatic N) is 1. The highest BCUT2D eigenvalue weighted by molar-refractivity contribution is 6.30. The van der Waals surface area contributed by atoms with Gasteiger partial charge in [-0.15, -0.1) is 0 Å². The molecule has 0 saturated carbocycles. The lowest BCUT2D eigenvalue weighted by atomic mass is 9.86. The van der Waals surface area contributed by atoms with Crippen LogP contribution in [0.1, 0.15) is 23.2 Å². The molecule has 0 aromatic heterocycles. The summed E-state index contributed by atoms with van der Waals surface area (Å²) >= 11 is 5.94. The fraction of sp³-hybridized carbons (Fsp3) is 0.500. The van der Waals surface area contributed by atoms with E-state index in [2.05, 4.69) is 5.32 Å². The molecule has 1 amide bonds. The van der Waals surface area contributed by atoms with Gasteiger partial charge in [-0.2, -0.15) is 0 Å². The van der Waals surface area contributed by atoms with Gasteiger partial charge < -0.3 is 10.2 Å². The summed E-state index contributed by atoms with van der Waals surface area (Å²) in [4.78, 5) is 14.4. The SMILES string of the molecule is O=C(c1cccc(Cl)c1)N1CCC2(CCNC2)C1. The first-order valence-corrected chi connectivity index (χ1v) is 6.82. The molecular weight excluding hydrogens is 248 g/mol. The van der Waals surface area contributed by atoms with Gasteiger partial charge in [-0.05, 0) is 37.6 Å². The molecule has 2 heterocycles. The Morgan fingerprint density at radius 3 is 3.00 bits per heavy atom. The molecule has 1 aromatic rings. The second kappa shape index (κ2) is 4.56. The average molecular weight is 265 g/mol. The van der Waals surface area contributed by atoms with Crippen molar-refractivity contribution in [3.63, 3.8) is 0 Å². The number of amides is 1. The van der Waals surface area contributed by atoms with Gasteiger partial charge in [0.1, 0.15) is 0 Å². The molecule has 1 atom stereocenters.